The minimum absolute atomic E-state index is 0.154. The Morgan fingerprint density at radius 3 is 1.78 bits per heavy atom. The Morgan fingerprint density at radius 2 is 1.34 bits per heavy atom. The van der Waals surface area contributed by atoms with Crippen molar-refractivity contribution in [2.45, 2.75) is 77.5 Å². The average Bonchev–Trinajstić information content (AvgIpc) is 2.68. The molecule has 0 aromatic carbocycles. The van der Waals surface area contributed by atoms with Gasteiger partial charge in [-0.15, -0.1) is 0 Å². The second kappa shape index (κ2) is 14.4. The first-order valence-corrected chi connectivity index (χ1v) is 10.6. The van der Waals surface area contributed by atoms with Gasteiger partial charge in [0.2, 0.25) is 17.7 Å². The Kier molecular flexibility index (Phi) is 13.1. The summed E-state index contributed by atoms with van der Waals surface area (Å²) >= 11 is 0. The molecule has 0 aliphatic carbocycles. The van der Waals surface area contributed by atoms with Crippen LogP contribution >= 0.6 is 0 Å². The topological polar surface area (TPSA) is 214 Å². The maximum absolute atomic E-state index is 12.9. The Hall–Kier alpha value is -2.73. The van der Waals surface area contributed by atoms with E-state index in [1.54, 1.807) is 27.7 Å². The smallest absolute Gasteiger partial charge is 0.326 e. The van der Waals surface area contributed by atoms with Crippen LogP contribution in [-0.2, 0) is 24.0 Å². The lowest BCUT2D eigenvalue weighted by Gasteiger charge is -2.27. The van der Waals surface area contributed by atoms with Crippen LogP contribution in [0.1, 0.15) is 53.4 Å². The number of amides is 3. The quantitative estimate of drug-likeness (QED) is 0.146. The Labute approximate surface area is 187 Å². The molecular formula is C20H37N5O7. The van der Waals surface area contributed by atoms with Crippen molar-refractivity contribution in [2.24, 2.45) is 23.3 Å². The lowest BCUT2D eigenvalue weighted by atomic mass is 10.00. The van der Waals surface area contributed by atoms with Crippen molar-refractivity contribution in [1.82, 2.24) is 16.0 Å². The van der Waals surface area contributed by atoms with Crippen molar-refractivity contribution in [3.8, 4) is 0 Å². The van der Waals surface area contributed by atoms with Gasteiger partial charge in [-0.1, -0.05) is 27.7 Å². The molecule has 0 saturated carbocycles. The van der Waals surface area contributed by atoms with E-state index in [2.05, 4.69) is 16.0 Å². The van der Waals surface area contributed by atoms with Crippen LogP contribution in [0, 0.1) is 11.8 Å². The van der Waals surface area contributed by atoms with E-state index in [-0.39, 0.29) is 12.3 Å². The van der Waals surface area contributed by atoms with Gasteiger partial charge in [0.1, 0.15) is 18.1 Å². The summed E-state index contributed by atoms with van der Waals surface area (Å²) in [6.07, 6.45) is 0.622. The monoisotopic (exact) mass is 459 g/mol. The van der Waals surface area contributed by atoms with E-state index in [0.29, 0.717) is 19.4 Å². The molecular weight excluding hydrogens is 422 g/mol. The summed E-state index contributed by atoms with van der Waals surface area (Å²) in [4.78, 5) is 60.0. The van der Waals surface area contributed by atoms with E-state index in [1.165, 1.54) is 0 Å². The highest BCUT2D eigenvalue weighted by Gasteiger charge is 2.32. The van der Waals surface area contributed by atoms with Gasteiger partial charge in [0, 0.05) is 0 Å². The van der Waals surface area contributed by atoms with E-state index in [1.807, 2.05) is 0 Å². The normalized spacial score (nSPS) is 14.9. The van der Waals surface area contributed by atoms with Crippen molar-refractivity contribution in [2.75, 3.05) is 6.54 Å². The molecule has 0 radical (unpaired) electrons. The molecule has 0 spiro atoms. The SMILES string of the molecule is CC(C)C(N)C(=O)NC(CCCCN)C(=O)NC(C(=O)NC(CC(=O)O)C(=O)O)C(C)C. The number of unbranched alkanes of at least 4 members (excludes halogenated alkanes) is 1. The van der Waals surface area contributed by atoms with Gasteiger partial charge < -0.3 is 37.6 Å². The summed E-state index contributed by atoms with van der Waals surface area (Å²) in [7, 11) is 0. The standard InChI is InChI=1S/C20H37N5O7/c1-10(2)15(22)18(29)23-12(7-5-6-8-21)17(28)25-16(11(3)4)19(30)24-13(20(31)32)9-14(26)27/h10-13,15-16H,5-9,21-22H2,1-4H3,(H,23,29)(H,24,30)(H,25,28)(H,26,27)(H,31,32). The molecule has 12 nitrogen and oxygen atoms in total. The molecule has 0 saturated heterocycles. The third kappa shape index (κ3) is 10.5. The van der Waals surface area contributed by atoms with Crippen molar-refractivity contribution in [1.29, 1.82) is 0 Å². The highest BCUT2D eigenvalue weighted by Crippen LogP contribution is 2.08. The van der Waals surface area contributed by atoms with Gasteiger partial charge in [-0.05, 0) is 37.6 Å². The number of carbonyl (C=O) groups excluding carboxylic acids is 3. The fourth-order valence-electron chi connectivity index (χ4n) is 2.76. The van der Waals surface area contributed by atoms with Gasteiger partial charge >= 0.3 is 11.9 Å². The number of hydrogen-bond donors (Lipinski definition) is 7. The predicted octanol–water partition coefficient (Wildman–Crippen LogP) is -1.23. The molecule has 0 rings (SSSR count). The lowest BCUT2D eigenvalue weighted by Crippen LogP contribution is -2.58. The summed E-state index contributed by atoms with van der Waals surface area (Å²) in [5.41, 5.74) is 11.3. The molecule has 32 heavy (non-hydrogen) atoms. The molecule has 0 bridgehead atoms. The molecule has 0 fully saturated rings. The van der Waals surface area contributed by atoms with Crippen LogP contribution in [0.2, 0.25) is 0 Å². The van der Waals surface area contributed by atoms with Crippen LogP contribution in [0.25, 0.3) is 0 Å². The van der Waals surface area contributed by atoms with Gasteiger partial charge in [-0.3, -0.25) is 19.2 Å². The number of carboxylic acids is 2. The number of nitrogens with two attached hydrogens (primary N) is 2. The number of carbonyl (C=O) groups is 5. The van der Waals surface area contributed by atoms with Gasteiger partial charge in [0.05, 0.1) is 12.5 Å². The summed E-state index contributed by atoms with van der Waals surface area (Å²) in [6.45, 7) is 7.21. The minimum atomic E-state index is -1.65. The number of aliphatic carboxylic acids is 2. The van der Waals surface area contributed by atoms with E-state index >= 15 is 0 Å². The second-order valence-corrected chi connectivity index (χ2v) is 8.34. The third-order valence-corrected chi connectivity index (χ3v) is 4.84. The first-order chi connectivity index (χ1) is 14.8. The van der Waals surface area contributed by atoms with Crippen LogP contribution in [0.5, 0.6) is 0 Å². The zero-order valence-corrected chi connectivity index (χ0v) is 19.1. The highest BCUT2D eigenvalue weighted by atomic mass is 16.4. The molecule has 12 heteroatoms. The summed E-state index contributed by atoms with van der Waals surface area (Å²) < 4.78 is 0. The summed E-state index contributed by atoms with van der Waals surface area (Å²) in [5.74, 6) is -5.49. The first-order valence-electron chi connectivity index (χ1n) is 10.6. The third-order valence-electron chi connectivity index (χ3n) is 4.84. The van der Waals surface area contributed by atoms with Crippen LogP contribution in [0.15, 0.2) is 0 Å². The van der Waals surface area contributed by atoms with Gasteiger partial charge in [0.25, 0.3) is 0 Å². The van der Waals surface area contributed by atoms with Crippen molar-refractivity contribution in [3.63, 3.8) is 0 Å². The van der Waals surface area contributed by atoms with Gasteiger partial charge in [-0.2, -0.15) is 0 Å². The van der Waals surface area contributed by atoms with E-state index in [4.69, 9.17) is 21.7 Å². The number of nitrogens with one attached hydrogen (secondary N) is 3. The molecule has 0 aliphatic rings. The number of rotatable bonds is 15. The van der Waals surface area contributed by atoms with Gasteiger partial charge in [-0.25, -0.2) is 4.79 Å². The Bertz CT molecular complexity index is 669. The lowest BCUT2D eigenvalue weighted by molar-refractivity contribution is -0.147. The Balaban J connectivity index is 5.44. The minimum Gasteiger partial charge on any atom is -0.481 e. The maximum Gasteiger partial charge on any atom is 0.326 e. The summed E-state index contributed by atoms with van der Waals surface area (Å²) in [6, 6.07) is -4.59. The van der Waals surface area contributed by atoms with Crippen LogP contribution < -0.4 is 27.4 Å². The van der Waals surface area contributed by atoms with E-state index in [9.17, 15) is 24.0 Å². The highest BCUT2D eigenvalue weighted by molar-refractivity contribution is 5.94. The van der Waals surface area contributed by atoms with Crippen molar-refractivity contribution in [3.05, 3.63) is 0 Å². The fourth-order valence-corrected chi connectivity index (χ4v) is 2.76. The molecule has 0 aromatic heterocycles. The molecule has 184 valence electrons. The number of hydrogen-bond acceptors (Lipinski definition) is 7. The molecule has 0 heterocycles. The second-order valence-electron chi connectivity index (χ2n) is 8.34. The zero-order chi connectivity index (χ0) is 25.0. The molecule has 4 atom stereocenters. The fraction of sp³-hybridized carbons (Fsp3) is 0.750. The Morgan fingerprint density at radius 1 is 0.781 bits per heavy atom. The van der Waals surface area contributed by atoms with Gasteiger partial charge in [0.15, 0.2) is 0 Å². The molecule has 0 aliphatic heterocycles. The number of carboxylic acid groups (broad SMARTS) is 2. The first kappa shape index (κ1) is 29.3. The molecule has 3 amide bonds. The largest absolute Gasteiger partial charge is 0.481 e. The van der Waals surface area contributed by atoms with Crippen molar-refractivity contribution >= 4 is 29.7 Å². The predicted molar refractivity (Wildman–Crippen MR) is 116 cm³/mol. The van der Waals surface area contributed by atoms with E-state index in [0.717, 1.165) is 0 Å². The van der Waals surface area contributed by atoms with E-state index < -0.39 is 66.2 Å². The van der Waals surface area contributed by atoms with Crippen molar-refractivity contribution < 1.29 is 34.2 Å². The molecule has 9 N–H and O–H groups in total. The molecule has 4 unspecified atom stereocenters. The van der Waals surface area contributed by atoms with Crippen LogP contribution in [-0.4, -0.2) is 70.6 Å². The summed E-state index contributed by atoms with van der Waals surface area (Å²) in [5, 5.41) is 25.3. The molecule has 0 aromatic rings. The average molecular weight is 460 g/mol. The van der Waals surface area contributed by atoms with Crippen LogP contribution in [0.4, 0.5) is 0 Å². The maximum atomic E-state index is 12.9. The zero-order valence-electron chi connectivity index (χ0n) is 19.1. The van der Waals surface area contributed by atoms with Crippen LogP contribution in [0.3, 0.4) is 0 Å².